The first-order valence-electron chi connectivity index (χ1n) is 25.7. The second-order valence-electron chi connectivity index (χ2n) is 22.7. The average molecular weight is 1030 g/mol. The number of hydrogen-bond donors (Lipinski definition) is 4. The molecule has 5 N–H and O–H groups in total. The number of aliphatic hydroxyl groups is 2. The number of nitriles is 1. The molecule has 4 unspecified atom stereocenters. The number of methoxy groups -OCH3 is 1. The van der Waals surface area contributed by atoms with Crippen molar-refractivity contribution in [1.29, 1.82) is 5.26 Å². The van der Waals surface area contributed by atoms with Crippen molar-refractivity contribution in [2.75, 3.05) is 13.7 Å². The third kappa shape index (κ3) is 8.31. The van der Waals surface area contributed by atoms with E-state index in [0.717, 1.165) is 12.0 Å². The molecule has 3 aliphatic carbocycles. The quantitative estimate of drug-likeness (QED) is 0.0704. The van der Waals surface area contributed by atoms with Crippen molar-refractivity contribution < 1.29 is 67.2 Å². The summed E-state index contributed by atoms with van der Waals surface area (Å²) in [5.74, 6) is -3.57. The van der Waals surface area contributed by atoms with Crippen LogP contribution in [0.4, 0.5) is 0 Å². The molecule has 398 valence electrons. The van der Waals surface area contributed by atoms with Gasteiger partial charge in [0.25, 0.3) is 0 Å². The Morgan fingerprint density at radius 3 is 2.37 bits per heavy atom. The summed E-state index contributed by atoms with van der Waals surface area (Å²) < 4.78 is 57.5. The maximum atomic E-state index is 15.6. The Balaban J connectivity index is 1.13. The molecular weight excluding hydrogens is 963 g/mol. The predicted molar refractivity (Wildman–Crippen MR) is 273 cm³/mol. The van der Waals surface area contributed by atoms with Gasteiger partial charge in [0, 0.05) is 40.9 Å². The second kappa shape index (κ2) is 18.5. The Labute approximate surface area is 436 Å². The van der Waals surface area contributed by atoms with Crippen molar-refractivity contribution in [2.24, 2.45) is 23.5 Å². The lowest BCUT2D eigenvalue weighted by Gasteiger charge is -2.62. The van der Waals surface area contributed by atoms with E-state index in [0.29, 0.717) is 53.0 Å². The van der Waals surface area contributed by atoms with Crippen LogP contribution in [0.25, 0.3) is 11.8 Å². The maximum Gasteiger partial charge on any atom is 0.343 e. The highest BCUT2D eigenvalue weighted by molar-refractivity contribution is 6.02. The summed E-state index contributed by atoms with van der Waals surface area (Å²) in [4.78, 5) is 43.4. The molecule has 6 fully saturated rings. The summed E-state index contributed by atoms with van der Waals surface area (Å²) in [7, 11) is 1.29. The van der Waals surface area contributed by atoms with Gasteiger partial charge in [-0.05, 0) is 131 Å². The minimum Gasteiger partial charge on any atom is -0.482 e. The van der Waals surface area contributed by atoms with Crippen LogP contribution in [0, 0.1) is 29.1 Å². The molecule has 2 aromatic carbocycles. The number of benzene rings is 2. The van der Waals surface area contributed by atoms with Crippen molar-refractivity contribution in [1.82, 2.24) is 5.32 Å². The van der Waals surface area contributed by atoms with Crippen molar-refractivity contribution in [3.8, 4) is 29.1 Å². The maximum absolute atomic E-state index is 15.6. The first kappa shape index (κ1) is 52.2. The number of fused-ring (bicyclic) bond motifs is 4. The van der Waals surface area contributed by atoms with Crippen LogP contribution in [0.2, 0.25) is 0 Å². The molecule has 3 saturated carbocycles. The highest BCUT2D eigenvalue weighted by Crippen LogP contribution is 2.73. The molecule has 11 rings (SSSR count). The van der Waals surface area contributed by atoms with Crippen LogP contribution in [0.5, 0.6) is 23.0 Å². The molecule has 2 aromatic rings. The number of nitrogens with zero attached hydrogens (tertiary/aromatic N) is 1. The molecule has 0 amide bonds. The number of Topliss-reactive ketones (excluding diaryl/α,β-unsaturated/α-hetero) is 1. The first-order valence-corrected chi connectivity index (χ1v) is 25.7. The minimum absolute atomic E-state index is 0.0464. The van der Waals surface area contributed by atoms with Crippen LogP contribution < -0.4 is 30.0 Å². The molecule has 17 heteroatoms. The Morgan fingerprint density at radius 2 is 1.69 bits per heavy atom. The van der Waals surface area contributed by atoms with Crippen molar-refractivity contribution in [2.45, 2.75) is 160 Å². The fourth-order valence-corrected chi connectivity index (χ4v) is 12.6. The summed E-state index contributed by atoms with van der Waals surface area (Å²) in [6.45, 7) is 19.1. The molecule has 0 aromatic heterocycles. The summed E-state index contributed by atoms with van der Waals surface area (Å²) in [6, 6.07) is 8.39. The number of nitrogens with two attached hydrogens (primary N) is 1. The lowest BCUT2D eigenvalue weighted by molar-refractivity contribution is -0.373. The Hall–Kier alpha value is -6.26. The number of esters is 2. The van der Waals surface area contributed by atoms with E-state index in [1.54, 1.807) is 26.8 Å². The molecule has 3 saturated heterocycles. The van der Waals surface area contributed by atoms with Gasteiger partial charge in [0.05, 0.1) is 53.3 Å². The lowest BCUT2D eigenvalue weighted by Crippen LogP contribution is -2.75. The lowest BCUT2D eigenvalue weighted by atomic mass is 9.45. The van der Waals surface area contributed by atoms with Gasteiger partial charge in [-0.1, -0.05) is 29.4 Å². The molecule has 75 heavy (non-hydrogen) atoms. The zero-order valence-corrected chi connectivity index (χ0v) is 44.4. The first-order chi connectivity index (χ1) is 35.4. The summed E-state index contributed by atoms with van der Waals surface area (Å²) in [5.41, 5.74) is 6.99. The van der Waals surface area contributed by atoms with Gasteiger partial charge in [0.1, 0.15) is 53.1 Å². The molecular formula is C58H67N3O14. The third-order valence-electron chi connectivity index (χ3n) is 16.2. The summed E-state index contributed by atoms with van der Waals surface area (Å²) in [5, 5.41) is 36.3. The number of aliphatic hydroxyl groups excluding tert-OH is 2. The van der Waals surface area contributed by atoms with E-state index in [9.17, 15) is 25.1 Å². The van der Waals surface area contributed by atoms with Gasteiger partial charge >= 0.3 is 11.9 Å². The van der Waals surface area contributed by atoms with Crippen LogP contribution in [-0.2, 0) is 39.7 Å². The topological polar surface area (TPSA) is 237 Å². The molecule has 11 atom stereocenters. The molecule has 1 spiro atoms. The summed E-state index contributed by atoms with van der Waals surface area (Å²) >= 11 is 0. The summed E-state index contributed by atoms with van der Waals surface area (Å²) in [6.07, 6.45) is 5.98. The normalized spacial score (nSPS) is 33.0. The fraction of sp³-hybridized carbons (Fsp3) is 0.517. The van der Waals surface area contributed by atoms with Gasteiger partial charge in [-0.2, -0.15) is 5.26 Å². The van der Waals surface area contributed by atoms with Gasteiger partial charge in [-0.3, -0.25) is 4.79 Å². The van der Waals surface area contributed by atoms with Gasteiger partial charge in [0.15, 0.2) is 28.5 Å². The molecule has 6 aliphatic heterocycles. The van der Waals surface area contributed by atoms with Crippen molar-refractivity contribution >= 4 is 29.5 Å². The standard InChI is InChI=1S/C58H67N3O14/c1-28(2)13-12-22-56(10)23-21-34-45(73-56)33(19-14-29(3)4)47-40(46(34)71-52(66)31-15-17-32(18-16-31)69-53-44(63)43(62)48-37(70-53)27-68-55(8,9)72-48)42-41-39(36(26-59)50(60)61-42)35-25-38-54(6,7)75-57(49(35)64,58(38,41)74-47)24-20-30(5)51(65)67-11/h13-18,20-21,23,35,37-39,43-44,48,53,61-63H,12,19,22,24-25,27,60H2,1-11H3/b30-20-/t35-,37+,38+,39?,43+,44+,48+,53+,56?,57?,58?/m0/s1. The van der Waals surface area contributed by atoms with Crippen molar-refractivity contribution in [3.05, 3.63) is 105 Å². The van der Waals surface area contributed by atoms with Crippen LogP contribution in [0.1, 0.15) is 122 Å². The third-order valence-corrected chi connectivity index (χ3v) is 16.2. The van der Waals surface area contributed by atoms with Crippen LogP contribution >= 0.6 is 0 Å². The van der Waals surface area contributed by atoms with Crippen molar-refractivity contribution in [3.63, 3.8) is 0 Å². The van der Waals surface area contributed by atoms with E-state index in [2.05, 4.69) is 23.5 Å². The van der Waals surface area contributed by atoms with Gasteiger partial charge in [0.2, 0.25) is 6.29 Å². The Morgan fingerprint density at radius 1 is 0.973 bits per heavy atom. The highest BCUT2D eigenvalue weighted by Gasteiger charge is 2.84. The molecule has 4 bridgehead atoms. The average Bonchev–Trinajstić information content (AvgIpc) is 3.50. The van der Waals surface area contributed by atoms with Gasteiger partial charge < -0.3 is 63.9 Å². The smallest absolute Gasteiger partial charge is 0.343 e. The van der Waals surface area contributed by atoms with Crippen LogP contribution in [0.15, 0.2) is 82.3 Å². The molecule has 6 heterocycles. The predicted octanol–water partition coefficient (Wildman–Crippen LogP) is 7.33. The number of nitrogens with one attached hydrogen (secondary N) is 1. The fourth-order valence-electron chi connectivity index (χ4n) is 12.6. The van der Waals surface area contributed by atoms with Gasteiger partial charge in [-0.15, -0.1) is 0 Å². The van der Waals surface area contributed by atoms with Crippen LogP contribution in [0.3, 0.4) is 0 Å². The number of carbonyl (C=O) groups excluding carboxylic acids is 3. The monoisotopic (exact) mass is 1030 g/mol. The number of ether oxygens (including phenoxy) is 9. The number of ketones is 1. The minimum atomic E-state index is -1.71. The molecule has 0 radical (unpaired) electrons. The van der Waals surface area contributed by atoms with Gasteiger partial charge in [-0.25, -0.2) is 9.59 Å². The van der Waals surface area contributed by atoms with E-state index in [1.165, 1.54) is 36.9 Å². The molecule has 17 nitrogen and oxygen atoms in total. The zero-order valence-electron chi connectivity index (χ0n) is 44.4. The largest absolute Gasteiger partial charge is 0.482 e. The Kier molecular flexibility index (Phi) is 12.9. The molecule has 9 aliphatic rings. The highest BCUT2D eigenvalue weighted by atomic mass is 16.8. The van der Waals surface area contributed by atoms with E-state index in [4.69, 9.17) is 48.4 Å². The number of hydrogen-bond acceptors (Lipinski definition) is 17. The van der Waals surface area contributed by atoms with E-state index in [1.807, 2.05) is 60.6 Å². The van der Waals surface area contributed by atoms with E-state index >= 15 is 4.79 Å². The second-order valence-corrected chi connectivity index (χ2v) is 22.7. The SMILES string of the molecule is COC(=O)/C(C)=C\CC12OC(C)(C)[C@H]3C[C@H](C1=O)C1C(C#N)=C(N)NC4=C1C32Oc1c(CC=C(C)C)c2c(c(OC(=O)c3ccc(O[C@@H]5O[C@@H]6COC(C)(C)O[C@H]6[C@H](O)[C@H]5O)cc3)c14)C=CC(C)(CCC=C(C)C)O2. The van der Waals surface area contributed by atoms with E-state index < -0.39 is 88.6 Å². The zero-order chi connectivity index (χ0) is 53.9. The number of carbonyl (C=O) groups is 3. The number of rotatable bonds is 12. The van der Waals surface area contributed by atoms with Crippen LogP contribution in [-0.4, -0.2) is 101 Å². The number of allylic oxidation sites excluding steroid dienone is 5. The van der Waals surface area contributed by atoms with E-state index in [-0.39, 0.29) is 58.6 Å². The number of dihydropyridines is 1. The Bertz CT molecular complexity index is 3000.